The lowest BCUT2D eigenvalue weighted by Crippen LogP contribution is -2.28. The third-order valence-electron chi connectivity index (χ3n) is 4.31. The van der Waals surface area contributed by atoms with Crippen molar-refractivity contribution >= 4 is 38.8 Å². The third-order valence-corrected chi connectivity index (χ3v) is 7.08. The van der Waals surface area contributed by atoms with E-state index in [-0.39, 0.29) is 4.90 Å². The van der Waals surface area contributed by atoms with E-state index < -0.39 is 16.1 Å². The predicted molar refractivity (Wildman–Crippen MR) is 119 cm³/mol. The van der Waals surface area contributed by atoms with Gasteiger partial charge in [0.25, 0.3) is 10.0 Å². The van der Waals surface area contributed by atoms with E-state index in [1.165, 1.54) is 34.8 Å². The number of nitrogens with zero attached hydrogens (tertiary/aromatic N) is 1. The van der Waals surface area contributed by atoms with Crippen LogP contribution in [0.25, 0.3) is 0 Å². The number of thiophene rings is 1. The van der Waals surface area contributed by atoms with Crippen LogP contribution < -0.4 is 14.9 Å². The van der Waals surface area contributed by atoms with Gasteiger partial charge in [-0.3, -0.25) is 4.31 Å². The van der Waals surface area contributed by atoms with Gasteiger partial charge in [-0.25, -0.2) is 13.2 Å². The molecular formula is C21H23N3O4S2. The van der Waals surface area contributed by atoms with Crippen molar-refractivity contribution in [3.05, 3.63) is 76.5 Å². The second-order valence-electron chi connectivity index (χ2n) is 6.50. The highest BCUT2D eigenvalue weighted by Gasteiger charge is 2.21. The van der Waals surface area contributed by atoms with Crippen LogP contribution in [0.15, 0.2) is 70.9 Å². The molecule has 0 spiro atoms. The van der Waals surface area contributed by atoms with Crippen molar-refractivity contribution in [2.45, 2.75) is 18.0 Å². The molecule has 0 fully saturated rings. The summed E-state index contributed by atoms with van der Waals surface area (Å²) in [5.74, 6) is 0. The molecule has 1 heterocycles. The zero-order chi connectivity index (χ0) is 21.6. The van der Waals surface area contributed by atoms with Gasteiger partial charge >= 0.3 is 6.03 Å². The Morgan fingerprint density at radius 3 is 2.60 bits per heavy atom. The van der Waals surface area contributed by atoms with Crippen molar-refractivity contribution in [2.75, 3.05) is 23.8 Å². The molecule has 0 saturated heterocycles. The minimum atomic E-state index is -3.76. The second-order valence-corrected chi connectivity index (χ2v) is 9.46. The molecule has 0 aliphatic rings. The third kappa shape index (κ3) is 5.38. The molecule has 2 N–H and O–H groups in total. The van der Waals surface area contributed by atoms with E-state index in [1.54, 1.807) is 43.5 Å². The van der Waals surface area contributed by atoms with Gasteiger partial charge in [0.2, 0.25) is 0 Å². The van der Waals surface area contributed by atoms with Gasteiger partial charge in [-0.05, 0) is 47.3 Å². The minimum Gasteiger partial charge on any atom is -0.380 e. The molecular weight excluding hydrogens is 422 g/mol. The molecule has 9 heteroatoms. The Morgan fingerprint density at radius 2 is 1.87 bits per heavy atom. The summed E-state index contributed by atoms with van der Waals surface area (Å²) in [5.41, 5.74) is 2.00. The zero-order valence-corrected chi connectivity index (χ0v) is 18.3. The fourth-order valence-corrected chi connectivity index (χ4v) is 4.83. The monoisotopic (exact) mass is 445 g/mol. The first-order chi connectivity index (χ1) is 14.4. The second kappa shape index (κ2) is 9.75. The van der Waals surface area contributed by atoms with Crippen LogP contribution in [0.3, 0.4) is 0 Å². The highest BCUT2D eigenvalue weighted by Crippen LogP contribution is 2.23. The number of nitrogens with one attached hydrogen (secondary N) is 2. The van der Waals surface area contributed by atoms with Crippen molar-refractivity contribution in [2.24, 2.45) is 0 Å². The summed E-state index contributed by atoms with van der Waals surface area (Å²) in [6, 6.07) is 16.5. The molecule has 3 rings (SSSR count). The first-order valence-corrected chi connectivity index (χ1v) is 11.5. The Morgan fingerprint density at radius 1 is 1.10 bits per heavy atom. The molecule has 0 atom stereocenters. The van der Waals surface area contributed by atoms with Gasteiger partial charge < -0.3 is 15.4 Å². The minimum absolute atomic E-state index is 0.0918. The van der Waals surface area contributed by atoms with Crippen LogP contribution in [0.1, 0.15) is 10.4 Å². The molecule has 0 radical (unpaired) electrons. The molecule has 1 aromatic heterocycles. The number of carbonyl (C=O) groups excluding carboxylic acids is 1. The van der Waals surface area contributed by atoms with E-state index in [1.807, 2.05) is 17.5 Å². The van der Waals surface area contributed by atoms with Crippen LogP contribution in [0.4, 0.5) is 16.2 Å². The van der Waals surface area contributed by atoms with Crippen molar-refractivity contribution in [3.8, 4) is 0 Å². The predicted octanol–water partition coefficient (Wildman–Crippen LogP) is 4.04. The summed E-state index contributed by atoms with van der Waals surface area (Å²) in [5, 5.41) is 7.43. The van der Waals surface area contributed by atoms with E-state index in [2.05, 4.69) is 10.6 Å². The summed E-state index contributed by atoms with van der Waals surface area (Å²) < 4.78 is 32.1. The Kier molecular flexibility index (Phi) is 7.09. The van der Waals surface area contributed by atoms with E-state index in [0.717, 1.165) is 10.4 Å². The largest absolute Gasteiger partial charge is 0.380 e. The first-order valence-electron chi connectivity index (χ1n) is 9.14. The highest BCUT2D eigenvalue weighted by molar-refractivity contribution is 7.92. The topological polar surface area (TPSA) is 87.7 Å². The van der Waals surface area contributed by atoms with E-state index in [0.29, 0.717) is 24.5 Å². The number of benzene rings is 2. The van der Waals surface area contributed by atoms with E-state index in [9.17, 15) is 13.2 Å². The summed E-state index contributed by atoms with van der Waals surface area (Å²) in [6.45, 7) is 0.899. The highest BCUT2D eigenvalue weighted by atomic mass is 32.2. The SMILES string of the molecule is COCc1csc(CNC(=O)Nc2cccc(S(=O)(=O)N(C)c3ccccc3)c2)c1. The Hall–Kier alpha value is -2.88. The van der Waals surface area contributed by atoms with Crippen molar-refractivity contribution in [3.63, 3.8) is 0 Å². The number of ether oxygens (including phenoxy) is 1. The lowest BCUT2D eigenvalue weighted by Gasteiger charge is -2.20. The molecule has 2 aromatic carbocycles. The number of hydrogen-bond acceptors (Lipinski definition) is 5. The fourth-order valence-electron chi connectivity index (χ4n) is 2.77. The van der Waals surface area contributed by atoms with Crippen LogP contribution in [-0.2, 0) is 27.9 Å². The summed E-state index contributed by atoms with van der Waals surface area (Å²) in [6.07, 6.45) is 0. The molecule has 7 nitrogen and oxygen atoms in total. The maximum Gasteiger partial charge on any atom is 0.319 e. The van der Waals surface area contributed by atoms with Crippen LogP contribution in [0, 0.1) is 0 Å². The number of sulfonamides is 1. The number of para-hydroxylation sites is 1. The van der Waals surface area contributed by atoms with E-state index >= 15 is 0 Å². The van der Waals surface area contributed by atoms with Crippen LogP contribution in [0.5, 0.6) is 0 Å². The number of anilines is 2. The smallest absolute Gasteiger partial charge is 0.319 e. The number of urea groups is 1. The van der Waals surface area contributed by atoms with Gasteiger partial charge in [0.15, 0.2) is 0 Å². The average Bonchev–Trinajstić information content (AvgIpc) is 3.20. The van der Waals surface area contributed by atoms with Gasteiger partial charge in [-0.15, -0.1) is 11.3 Å². The number of amides is 2. The van der Waals surface area contributed by atoms with E-state index in [4.69, 9.17) is 4.74 Å². The Balaban J connectivity index is 1.65. The number of carbonyl (C=O) groups is 1. The molecule has 0 aliphatic heterocycles. The lowest BCUT2D eigenvalue weighted by molar-refractivity contribution is 0.185. The standard InChI is InChI=1S/C21H23N3O4S2/c1-24(18-8-4-3-5-9-18)30(26,27)20-10-6-7-17(12-20)23-21(25)22-13-19-11-16(14-28-2)15-29-19/h3-12,15H,13-14H2,1-2H3,(H2,22,23,25). The van der Waals surface area contributed by atoms with Crippen LogP contribution in [0.2, 0.25) is 0 Å². The maximum atomic E-state index is 12.9. The number of rotatable bonds is 8. The van der Waals surface area contributed by atoms with Crippen LogP contribution >= 0.6 is 11.3 Å². The van der Waals surface area contributed by atoms with Crippen molar-refractivity contribution in [1.29, 1.82) is 0 Å². The molecule has 0 saturated carbocycles. The molecule has 3 aromatic rings. The quantitative estimate of drug-likeness (QED) is 0.548. The normalized spacial score (nSPS) is 11.1. The fraction of sp³-hybridized carbons (Fsp3) is 0.190. The molecule has 0 unspecified atom stereocenters. The van der Waals surface area contributed by atoms with Crippen molar-refractivity contribution in [1.82, 2.24) is 5.32 Å². The Bertz CT molecular complexity index is 1100. The summed E-state index contributed by atoms with van der Waals surface area (Å²) in [4.78, 5) is 13.3. The molecule has 30 heavy (non-hydrogen) atoms. The Labute approximate surface area is 180 Å². The summed E-state index contributed by atoms with van der Waals surface area (Å²) in [7, 11) is -0.627. The molecule has 158 valence electrons. The summed E-state index contributed by atoms with van der Waals surface area (Å²) >= 11 is 1.54. The lowest BCUT2D eigenvalue weighted by atomic mass is 10.3. The maximum absolute atomic E-state index is 12.9. The van der Waals surface area contributed by atoms with Gasteiger partial charge in [-0.2, -0.15) is 0 Å². The van der Waals surface area contributed by atoms with Gasteiger partial charge in [0, 0.05) is 24.7 Å². The van der Waals surface area contributed by atoms with Gasteiger partial charge in [-0.1, -0.05) is 24.3 Å². The van der Waals surface area contributed by atoms with Crippen molar-refractivity contribution < 1.29 is 17.9 Å². The van der Waals surface area contributed by atoms with Gasteiger partial charge in [0.1, 0.15) is 0 Å². The molecule has 0 aliphatic carbocycles. The van der Waals surface area contributed by atoms with Crippen LogP contribution in [-0.4, -0.2) is 28.6 Å². The average molecular weight is 446 g/mol. The molecule has 0 bridgehead atoms. The van der Waals surface area contributed by atoms with Gasteiger partial charge in [0.05, 0.1) is 23.7 Å². The number of hydrogen-bond donors (Lipinski definition) is 2. The number of methoxy groups -OCH3 is 1. The first kappa shape index (κ1) is 21.8. The molecule has 2 amide bonds. The zero-order valence-electron chi connectivity index (χ0n) is 16.7.